The molecule has 0 bridgehead atoms. The average molecular weight is 493 g/mol. The number of hydrazone groups is 1. The number of amides is 1. The van der Waals surface area contributed by atoms with Crippen molar-refractivity contribution in [3.8, 4) is 11.5 Å². The Labute approximate surface area is 190 Å². The van der Waals surface area contributed by atoms with E-state index in [9.17, 15) is 4.79 Å². The van der Waals surface area contributed by atoms with Gasteiger partial charge in [-0.15, -0.1) is 0 Å². The highest BCUT2D eigenvalue weighted by Crippen LogP contribution is 2.36. The Bertz CT molecular complexity index is 943. The van der Waals surface area contributed by atoms with Gasteiger partial charge in [-0.05, 0) is 70.8 Å². The molecule has 0 aliphatic carbocycles. The first-order valence-electron chi connectivity index (χ1n) is 9.09. The normalized spacial score (nSPS) is 10.6. The predicted octanol–water partition coefficient (Wildman–Crippen LogP) is 3.86. The van der Waals surface area contributed by atoms with E-state index in [1.807, 2.05) is 38.1 Å². The van der Waals surface area contributed by atoms with Crippen LogP contribution in [0.3, 0.4) is 0 Å². The maximum Gasteiger partial charge on any atom is 0.259 e. The van der Waals surface area contributed by atoms with Crippen molar-refractivity contribution in [3.63, 3.8) is 0 Å². The van der Waals surface area contributed by atoms with Gasteiger partial charge in [-0.3, -0.25) is 10.2 Å². The van der Waals surface area contributed by atoms with Crippen LogP contribution in [-0.2, 0) is 4.79 Å². The third-order valence-corrected chi connectivity index (χ3v) is 4.97. The first-order valence-corrected chi connectivity index (χ1v) is 10.3. The van der Waals surface area contributed by atoms with E-state index in [1.165, 1.54) is 12.0 Å². The van der Waals surface area contributed by atoms with Gasteiger partial charge in [0.05, 0.1) is 17.8 Å². The van der Waals surface area contributed by atoms with Gasteiger partial charge in [0, 0.05) is 19.8 Å². The summed E-state index contributed by atoms with van der Waals surface area (Å²) in [7, 11) is 4.87. The minimum atomic E-state index is -0.149. The molecule has 2 aromatic rings. The molecule has 0 saturated carbocycles. The van der Waals surface area contributed by atoms with Crippen LogP contribution in [0.5, 0.6) is 11.5 Å². The predicted molar refractivity (Wildman–Crippen MR) is 128 cm³/mol. The summed E-state index contributed by atoms with van der Waals surface area (Å²) in [5.41, 5.74) is 6.72. The number of hydrogen-bond donors (Lipinski definition) is 2. The van der Waals surface area contributed by atoms with E-state index in [2.05, 4.69) is 31.8 Å². The molecule has 2 aromatic carbocycles. The summed E-state index contributed by atoms with van der Waals surface area (Å²) < 4.78 is 11.7. The molecular weight excluding hydrogens is 468 g/mol. The molecule has 0 radical (unpaired) electrons. The van der Waals surface area contributed by atoms with E-state index in [4.69, 9.17) is 21.7 Å². The second kappa shape index (κ2) is 10.9. The van der Waals surface area contributed by atoms with Crippen molar-refractivity contribution >= 4 is 51.1 Å². The van der Waals surface area contributed by atoms with Gasteiger partial charge < -0.3 is 19.7 Å². The summed E-state index contributed by atoms with van der Waals surface area (Å²) in [4.78, 5) is 13.2. The molecule has 9 heteroatoms. The Hall–Kier alpha value is -2.65. The number of methoxy groups -OCH3 is 1. The van der Waals surface area contributed by atoms with E-state index in [1.54, 1.807) is 26.4 Å². The molecule has 0 aliphatic heterocycles. The number of ether oxygens (including phenoxy) is 2. The van der Waals surface area contributed by atoms with Crippen molar-refractivity contribution in [2.75, 3.05) is 33.1 Å². The van der Waals surface area contributed by atoms with Gasteiger partial charge in [-0.2, -0.15) is 5.10 Å². The lowest BCUT2D eigenvalue weighted by Gasteiger charge is -2.15. The minimum Gasteiger partial charge on any atom is -0.493 e. The molecule has 0 fully saturated rings. The van der Waals surface area contributed by atoms with Crippen LogP contribution in [0, 0.1) is 13.8 Å². The van der Waals surface area contributed by atoms with Crippen molar-refractivity contribution in [1.29, 1.82) is 0 Å². The molecular formula is C21H25BrN4O3S. The Morgan fingerprint density at radius 2 is 1.93 bits per heavy atom. The van der Waals surface area contributed by atoms with Crippen molar-refractivity contribution in [2.24, 2.45) is 5.10 Å². The van der Waals surface area contributed by atoms with Crippen molar-refractivity contribution < 1.29 is 14.3 Å². The smallest absolute Gasteiger partial charge is 0.259 e. The van der Waals surface area contributed by atoms with Crippen LogP contribution in [0.25, 0.3) is 0 Å². The van der Waals surface area contributed by atoms with E-state index in [-0.39, 0.29) is 12.5 Å². The molecule has 0 aliphatic rings. The van der Waals surface area contributed by atoms with Crippen LogP contribution in [0.1, 0.15) is 16.7 Å². The maximum atomic E-state index is 11.8. The number of benzene rings is 2. The van der Waals surface area contributed by atoms with Gasteiger partial charge in [0.25, 0.3) is 5.91 Å². The summed E-state index contributed by atoms with van der Waals surface area (Å²) in [5.74, 6) is 0.780. The van der Waals surface area contributed by atoms with E-state index >= 15 is 0 Å². The Balaban J connectivity index is 2.05. The van der Waals surface area contributed by atoms with E-state index < -0.39 is 0 Å². The second-order valence-electron chi connectivity index (χ2n) is 6.70. The van der Waals surface area contributed by atoms with Crippen LogP contribution >= 0.6 is 28.1 Å². The lowest BCUT2D eigenvalue weighted by Crippen LogP contribution is -2.27. The fraction of sp³-hybridized carbons (Fsp3) is 0.286. The van der Waals surface area contributed by atoms with Crippen LogP contribution in [-0.4, -0.2) is 49.9 Å². The summed E-state index contributed by atoms with van der Waals surface area (Å²) in [6, 6.07) is 9.60. The van der Waals surface area contributed by atoms with Crippen molar-refractivity contribution in [1.82, 2.24) is 10.3 Å². The molecule has 0 unspecified atom stereocenters. The highest BCUT2D eigenvalue weighted by molar-refractivity contribution is 9.10. The highest BCUT2D eigenvalue weighted by atomic mass is 79.9. The van der Waals surface area contributed by atoms with E-state index in [0.717, 1.165) is 22.4 Å². The molecule has 0 atom stereocenters. The minimum absolute atomic E-state index is 0.0881. The molecule has 0 spiro atoms. The number of nitrogens with one attached hydrogen (secondary N) is 2. The molecule has 160 valence electrons. The molecule has 0 heterocycles. The Kier molecular flexibility index (Phi) is 8.61. The van der Waals surface area contributed by atoms with Crippen molar-refractivity contribution in [2.45, 2.75) is 13.8 Å². The van der Waals surface area contributed by atoms with Crippen LogP contribution in [0.2, 0.25) is 0 Å². The van der Waals surface area contributed by atoms with Crippen molar-refractivity contribution in [3.05, 3.63) is 51.5 Å². The van der Waals surface area contributed by atoms with Crippen LogP contribution < -0.4 is 20.2 Å². The third-order valence-electron chi connectivity index (χ3n) is 4.19. The molecule has 0 aromatic heterocycles. The number of hydrogen-bond acceptors (Lipinski definition) is 5. The average Bonchev–Trinajstić information content (AvgIpc) is 2.69. The summed E-state index contributed by atoms with van der Waals surface area (Å²) >= 11 is 8.78. The highest BCUT2D eigenvalue weighted by Gasteiger charge is 2.14. The molecule has 2 N–H and O–H groups in total. The lowest BCUT2D eigenvalue weighted by atomic mass is 10.1. The number of para-hydroxylation sites is 1. The standard InChI is InChI=1S/C21H25BrN4O3S/c1-13-7-6-8-14(2)19(13)24-21(30)25-23-11-15-9-16(22)20(17(10-15)28-5)29-12-18(27)26(3)4/h6-11H,12H2,1-5H3,(H2,24,25,30)/b23-11+. The molecule has 7 nitrogen and oxygen atoms in total. The molecule has 30 heavy (non-hydrogen) atoms. The Morgan fingerprint density at radius 1 is 1.27 bits per heavy atom. The zero-order valence-corrected chi connectivity index (χ0v) is 20.0. The van der Waals surface area contributed by atoms with Gasteiger partial charge in [-0.25, -0.2) is 0 Å². The number of halogens is 1. The number of likely N-dealkylation sites (N-methyl/N-ethyl adjacent to an activating group) is 1. The maximum absolute atomic E-state index is 11.8. The van der Waals surface area contributed by atoms with Gasteiger partial charge in [0.1, 0.15) is 0 Å². The SMILES string of the molecule is COc1cc(/C=N/NC(=S)Nc2c(C)cccc2C)cc(Br)c1OCC(=O)N(C)C. The first-order chi connectivity index (χ1) is 14.2. The van der Waals surface area contributed by atoms with Gasteiger partial charge in [0.15, 0.2) is 23.2 Å². The third kappa shape index (κ3) is 6.43. The quantitative estimate of drug-likeness (QED) is 0.347. The summed E-state index contributed by atoms with van der Waals surface area (Å²) in [6.07, 6.45) is 1.61. The molecule has 1 amide bonds. The number of carbonyl (C=O) groups is 1. The first kappa shape index (κ1) is 23.6. The number of rotatable bonds is 7. The monoisotopic (exact) mass is 492 g/mol. The van der Waals surface area contributed by atoms with Gasteiger partial charge >= 0.3 is 0 Å². The lowest BCUT2D eigenvalue weighted by molar-refractivity contribution is -0.130. The fourth-order valence-corrected chi connectivity index (χ4v) is 3.26. The second-order valence-corrected chi connectivity index (χ2v) is 7.96. The number of aryl methyl sites for hydroxylation is 2. The zero-order chi connectivity index (χ0) is 22.3. The number of anilines is 1. The zero-order valence-electron chi connectivity index (χ0n) is 17.6. The number of carbonyl (C=O) groups excluding carboxylic acids is 1. The summed E-state index contributed by atoms with van der Waals surface area (Å²) in [6.45, 7) is 3.94. The Morgan fingerprint density at radius 3 is 2.53 bits per heavy atom. The molecule has 2 rings (SSSR count). The summed E-state index contributed by atoms with van der Waals surface area (Å²) in [5, 5.41) is 7.73. The van der Waals surface area contributed by atoms with Crippen LogP contribution in [0.4, 0.5) is 5.69 Å². The number of thiocarbonyl (C=S) groups is 1. The van der Waals surface area contributed by atoms with Gasteiger partial charge in [0.2, 0.25) is 0 Å². The fourth-order valence-electron chi connectivity index (χ4n) is 2.54. The molecule has 0 saturated heterocycles. The van der Waals surface area contributed by atoms with Crippen LogP contribution in [0.15, 0.2) is 39.9 Å². The van der Waals surface area contributed by atoms with E-state index in [0.29, 0.717) is 21.1 Å². The topological polar surface area (TPSA) is 75.2 Å². The number of nitrogens with zero attached hydrogens (tertiary/aromatic N) is 2. The largest absolute Gasteiger partial charge is 0.493 e. The van der Waals surface area contributed by atoms with Gasteiger partial charge in [-0.1, -0.05) is 18.2 Å².